The molecule has 0 bridgehead atoms. The normalized spacial score (nSPS) is 28.1. The molecule has 0 spiro atoms. The summed E-state index contributed by atoms with van der Waals surface area (Å²) in [5.41, 5.74) is 0. The number of rotatable bonds is 4. The Bertz CT molecular complexity index is 213. The van der Waals surface area contributed by atoms with Crippen molar-refractivity contribution in [1.82, 2.24) is 10.2 Å². The first-order valence-corrected chi connectivity index (χ1v) is 5.41. The van der Waals surface area contributed by atoms with E-state index in [0.29, 0.717) is 6.54 Å². The Morgan fingerprint density at radius 1 is 1.47 bits per heavy atom. The fourth-order valence-corrected chi connectivity index (χ4v) is 1.71. The molecule has 0 aromatic carbocycles. The second kappa shape index (κ2) is 5.44. The lowest BCUT2D eigenvalue weighted by Crippen LogP contribution is -2.38. The molecule has 0 aromatic heterocycles. The molecule has 1 amide bonds. The van der Waals surface area contributed by atoms with E-state index in [2.05, 4.69) is 5.32 Å². The number of likely N-dealkylation sites (tertiary alicyclic amines) is 1. The van der Waals surface area contributed by atoms with E-state index in [1.54, 1.807) is 0 Å². The van der Waals surface area contributed by atoms with E-state index in [9.17, 15) is 15.0 Å². The zero-order valence-corrected chi connectivity index (χ0v) is 9.31. The third-order valence-electron chi connectivity index (χ3n) is 2.69. The van der Waals surface area contributed by atoms with Crippen LogP contribution < -0.4 is 5.32 Å². The van der Waals surface area contributed by atoms with Crippen LogP contribution >= 0.6 is 0 Å². The van der Waals surface area contributed by atoms with E-state index in [-0.39, 0.29) is 24.9 Å². The second-order valence-electron chi connectivity index (χ2n) is 4.09. The van der Waals surface area contributed by atoms with Crippen LogP contribution in [0.3, 0.4) is 0 Å². The molecule has 15 heavy (non-hydrogen) atoms. The summed E-state index contributed by atoms with van der Waals surface area (Å²) in [6.07, 6.45) is -1.58. The van der Waals surface area contributed by atoms with Crippen molar-refractivity contribution in [3.05, 3.63) is 0 Å². The number of hydrogen-bond donors (Lipinski definition) is 3. The molecular formula is C10H20N2O3. The van der Waals surface area contributed by atoms with Crippen molar-refractivity contribution >= 4 is 5.91 Å². The van der Waals surface area contributed by atoms with E-state index in [0.717, 1.165) is 6.54 Å². The fraction of sp³-hybridized carbons (Fsp3) is 0.900. The Morgan fingerprint density at radius 2 is 2.00 bits per heavy atom. The molecule has 3 atom stereocenters. The zero-order chi connectivity index (χ0) is 11.4. The number of carbonyl (C=O) groups is 1. The van der Waals surface area contributed by atoms with Gasteiger partial charge in [-0.05, 0) is 6.54 Å². The van der Waals surface area contributed by atoms with Crippen LogP contribution in [0.2, 0.25) is 0 Å². The van der Waals surface area contributed by atoms with Gasteiger partial charge in [0.25, 0.3) is 0 Å². The van der Waals surface area contributed by atoms with Gasteiger partial charge in [0.15, 0.2) is 0 Å². The highest BCUT2D eigenvalue weighted by molar-refractivity contribution is 5.79. The Labute approximate surface area is 90.1 Å². The highest BCUT2D eigenvalue weighted by Crippen LogP contribution is 2.13. The first-order valence-electron chi connectivity index (χ1n) is 5.41. The molecule has 88 valence electrons. The molecule has 5 nitrogen and oxygen atoms in total. The Kier molecular flexibility index (Phi) is 4.50. The monoisotopic (exact) mass is 216 g/mol. The maximum Gasteiger partial charge on any atom is 0.226 e. The summed E-state index contributed by atoms with van der Waals surface area (Å²) >= 11 is 0. The molecular weight excluding hydrogens is 196 g/mol. The van der Waals surface area contributed by atoms with E-state index in [4.69, 9.17) is 0 Å². The smallest absolute Gasteiger partial charge is 0.226 e. The fourth-order valence-electron chi connectivity index (χ4n) is 1.71. The summed E-state index contributed by atoms with van der Waals surface area (Å²) in [6, 6.07) is 0. The quantitative estimate of drug-likeness (QED) is 0.552. The Morgan fingerprint density at radius 3 is 2.47 bits per heavy atom. The van der Waals surface area contributed by atoms with Gasteiger partial charge in [-0.2, -0.15) is 0 Å². The van der Waals surface area contributed by atoms with Gasteiger partial charge in [0.05, 0.1) is 12.2 Å². The van der Waals surface area contributed by atoms with Gasteiger partial charge in [-0.15, -0.1) is 0 Å². The molecule has 1 rings (SSSR count). The molecule has 1 aliphatic rings. The summed E-state index contributed by atoms with van der Waals surface area (Å²) in [7, 11) is 0. The minimum atomic E-state index is -0.791. The number of carbonyl (C=O) groups excluding carboxylic acids is 1. The lowest BCUT2D eigenvalue weighted by atomic mass is 10.1. The van der Waals surface area contributed by atoms with Crippen LogP contribution in [0, 0.1) is 5.92 Å². The van der Waals surface area contributed by atoms with Crippen LogP contribution in [0.25, 0.3) is 0 Å². The maximum atomic E-state index is 11.8. The first-order chi connectivity index (χ1) is 7.06. The number of aliphatic hydroxyl groups is 2. The third kappa shape index (κ3) is 3.15. The zero-order valence-electron chi connectivity index (χ0n) is 9.31. The summed E-state index contributed by atoms with van der Waals surface area (Å²) in [5.74, 6) is -0.117. The van der Waals surface area contributed by atoms with Crippen molar-refractivity contribution in [2.75, 3.05) is 26.2 Å². The molecule has 1 heterocycles. The van der Waals surface area contributed by atoms with Crippen LogP contribution in [-0.2, 0) is 4.79 Å². The van der Waals surface area contributed by atoms with Gasteiger partial charge in [0.1, 0.15) is 0 Å². The van der Waals surface area contributed by atoms with Gasteiger partial charge in [-0.3, -0.25) is 4.79 Å². The average molecular weight is 216 g/mol. The van der Waals surface area contributed by atoms with E-state index < -0.39 is 12.2 Å². The van der Waals surface area contributed by atoms with Crippen LogP contribution in [0.4, 0.5) is 0 Å². The van der Waals surface area contributed by atoms with Crippen molar-refractivity contribution in [2.45, 2.75) is 26.1 Å². The van der Waals surface area contributed by atoms with Gasteiger partial charge < -0.3 is 20.4 Å². The van der Waals surface area contributed by atoms with Crippen LogP contribution in [0.5, 0.6) is 0 Å². The highest BCUT2D eigenvalue weighted by Gasteiger charge is 2.33. The number of nitrogens with zero attached hydrogens (tertiary/aromatic N) is 1. The number of hydrogen-bond acceptors (Lipinski definition) is 4. The summed E-state index contributed by atoms with van der Waals surface area (Å²) < 4.78 is 0. The number of aliphatic hydroxyl groups excluding tert-OH is 2. The van der Waals surface area contributed by atoms with E-state index in [1.807, 2.05) is 13.8 Å². The average Bonchev–Trinajstić information content (AvgIpc) is 2.54. The predicted octanol–water partition coefficient (Wildman–Crippen LogP) is -1.20. The molecule has 0 saturated carbocycles. The number of nitrogens with one attached hydrogen (secondary N) is 1. The van der Waals surface area contributed by atoms with E-state index >= 15 is 0 Å². The predicted molar refractivity (Wildman–Crippen MR) is 56.3 cm³/mol. The Balaban J connectivity index is 2.40. The lowest BCUT2D eigenvalue weighted by molar-refractivity contribution is -0.134. The summed E-state index contributed by atoms with van der Waals surface area (Å²) in [4.78, 5) is 13.3. The van der Waals surface area contributed by atoms with Crippen LogP contribution in [0.1, 0.15) is 13.8 Å². The SMILES string of the molecule is CCNCC(C)C(=O)N1C[C@@H](O)[C@@H](O)C1. The third-order valence-corrected chi connectivity index (χ3v) is 2.69. The molecule has 0 aliphatic carbocycles. The minimum Gasteiger partial charge on any atom is -0.388 e. The van der Waals surface area contributed by atoms with Gasteiger partial charge >= 0.3 is 0 Å². The van der Waals surface area contributed by atoms with Gasteiger partial charge in [0.2, 0.25) is 5.91 Å². The standard InChI is InChI=1S/C10H20N2O3/c1-3-11-4-7(2)10(15)12-5-8(13)9(14)6-12/h7-9,11,13-14H,3-6H2,1-2H3/t7?,8-,9+. The van der Waals surface area contributed by atoms with Crippen LogP contribution in [0.15, 0.2) is 0 Å². The molecule has 1 saturated heterocycles. The van der Waals surface area contributed by atoms with Gasteiger partial charge in [-0.1, -0.05) is 13.8 Å². The van der Waals surface area contributed by atoms with Crippen molar-refractivity contribution in [3.8, 4) is 0 Å². The van der Waals surface area contributed by atoms with E-state index in [1.165, 1.54) is 4.90 Å². The first kappa shape index (κ1) is 12.4. The lowest BCUT2D eigenvalue weighted by Gasteiger charge is -2.20. The molecule has 5 heteroatoms. The topological polar surface area (TPSA) is 72.8 Å². The molecule has 0 aromatic rings. The van der Waals surface area contributed by atoms with Gasteiger partial charge in [-0.25, -0.2) is 0 Å². The van der Waals surface area contributed by atoms with Gasteiger partial charge in [0, 0.05) is 25.6 Å². The van der Waals surface area contributed by atoms with Crippen LogP contribution in [-0.4, -0.2) is 59.4 Å². The molecule has 1 aliphatic heterocycles. The number of β-amino-alcohol motifs (C(OH)–C–C–N with tert-alkyl or cyclic N) is 2. The second-order valence-corrected chi connectivity index (χ2v) is 4.09. The highest BCUT2D eigenvalue weighted by atomic mass is 16.3. The van der Waals surface area contributed by atoms with Crippen molar-refractivity contribution in [3.63, 3.8) is 0 Å². The Hall–Kier alpha value is -0.650. The molecule has 0 radical (unpaired) electrons. The molecule has 1 fully saturated rings. The minimum absolute atomic E-state index is 0.00782. The largest absolute Gasteiger partial charge is 0.388 e. The van der Waals surface area contributed by atoms with Crippen molar-refractivity contribution in [2.24, 2.45) is 5.92 Å². The maximum absolute atomic E-state index is 11.8. The molecule has 1 unspecified atom stereocenters. The number of amides is 1. The molecule has 3 N–H and O–H groups in total. The van der Waals surface area contributed by atoms with Crippen molar-refractivity contribution < 1.29 is 15.0 Å². The van der Waals surface area contributed by atoms with Crippen molar-refractivity contribution in [1.29, 1.82) is 0 Å². The summed E-state index contributed by atoms with van der Waals surface area (Å²) in [6.45, 7) is 5.80. The summed E-state index contributed by atoms with van der Waals surface area (Å²) in [5, 5.41) is 21.7.